The van der Waals surface area contributed by atoms with Crippen LogP contribution in [0.4, 0.5) is 20.4 Å². The van der Waals surface area contributed by atoms with Gasteiger partial charge in [0, 0.05) is 49.3 Å². The maximum Gasteiger partial charge on any atom is 0.273 e. The number of benzene rings is 1. The van der Waals surface area contributed by atoms with Gasteiger partial charge in [-0.3, -0.25) is 15.1 Å². The van der Waals surface area contributed by atoms with Gasteiger partial charge in [0.05, 0.1) is 28.7 Å². The molecule has 1 saturated heterocycles. The molecule has 1 fully saturated rings. The third-order valence-electron chi connectivity index (χ3n) is 6.62. The number of halogens is 2. The van der Waals surface area contributed by atoms with E-state index in [9.17, 15) is 18.9 Å². The summed E-state index contributed by atoms with van der Waals surface area (Å²) in [5.41, 5.74) is 1.99. The zero-order valence-electron chi connectivity index (χ0n) is 19.2. The highest BCUT2D eigenvalue weighted by Crippen LogP contribution is 2.30. The molecule has 1 aliphatic heterocycles. The molecule has 0 bridgehead atoms. The highest BCUT2D eigenvalue weighted by molar-refractivity contribution is 5.83. The fourth-order valence-corrected chi connectivity index (χ4v) is 4.61. The fraction of sp³-hybridized carbons (Fsp3) is 0.320. The van der Waals surface area contributed by atoms with Crippen LogP contribution in [0.1, 0.15) is 42.5 Å². The van der Waals surface area contributed by atoms with Crippen LogP contribution >= 0.6 is 0 Å². The minimum Gasteiger partial charge on any atom is -0.341 e. The molecule has 1 aromatic carbocycles. The van der Waals surface area contributed by atoms with E-state index in [2.05, 4.69) is 26.8 Å². The van der Waals surface area contributed by atoms with Crippen molar-refractivity contribution in [1.82, 2.24) is 19.5 Å². The van der Waals surface area contributed by atoms with Crippen LogP contribution in [0.2, 0.25) is 0 Å². The first kappa shape index (κ1) is 22.8. The average Bonchev–Trinajstić information content (AvgIpc) is 3.28. The van der Waals surface area contributed by atoms with Crippen LogP contribution in [0, 0.1) is 21.7 Å². The van der Waals surface area contributed by atoms with Gasteiger partial charge in [-0.15, -0.1) is 0 Å². The number of aromatic nitrogens is 4. The summed E-state index contributed by atoms with van der Waals surface area (Å²) < 4.78 is 31.1. The van der Waals surface area contributed by atoms with Gasteiger partial charge in [0.1, 0.15) is 5.82 Å². The van der Waals surface area contributed by atoms with Crippen molar-refractivity contribution >= 4 is 22.5 Å². The molecule has 10 heteroatoms. The van der Waals surface area contributed by atoms with Crippen molar-refractivity contribution in [3.8, 4) is 0 Å². The zero-order chi connectivity index (χ0) is 24.5. The summed E-state index contributed by atoms with van der Waals surface area (Å²) in [5.74, 6) is -0.275. The molecule has 180 valence electrons. The lowest BCUT2D eigenvalue weighted by molar-refractivity contribution is -0.384. The number of aryl methyl sites for hydroxylation is 1. The summed E-state index contributed by atoms with van der Waals surface area (Å²) in [6.07, 6.45) is 9.56. The van der Waals surface area contributed by atoms with Gasteiger partial charge in [0.15, 0.2) is 5.82 Å². The highest BCUT2D eigenvalue weighted by atomic mass is 19.1. The Bertz CT molecular complexity index is 1380. The molecule has 0 unspecified atom stereocenters. The Morgan fingerprint density at radius 3 is 2.46 bits per heavy atom. The number of anilines is 1. The van der Waals surface area contributed by atoms with Crippen LogP contribution in [0.25, 0.3) is 10.9 Å². The van der Waals surface area contributed by atoms with E-state index in [1.807, 2.05) is 12.4 Å². The van der Waals surface area contributed by atoms with Crippen LogP contribution < -0.4 is 4.90 Å². The van der Waals surface area contributed by atoms with Crippen LogP contribution in [-0.4, -0.2) is 37.5 Å². The Morgan fingerprint density at radius 1 is 1.06 bits per heavy atom. The molecular weight excluding hydrogens is 454 g/mol. The SMILES string of the molecule is CCc1cnc(N2CCC(c3cnc(Cn4ccc5cc([N+](=O)[O-])cc(F)c54)c(F)c3)CC2)nc1. The van der Waals surface area contributed by atoms with Crippen molar-refractivity contribution in [3.05, 3.63) is 87.6 Å². The second-order valence-electron chi connectivity index (χ2n) is 8.77. The third kappa shape index (κ3) is 4.55. The number of piperidine rings is 1. The molecule has 0 spiro atoms. The molecule has 0 saturated carbocycles. The average molecular weight is 479 g/mol. The normalized spacial score (nSPS) is 14.5. The molecular formula is C25H24F2N6O2. The zero-order valence-corrected chi connectivity index (χ0v) is 19.2. The van der Waals surface area contributed by atoms with Crippen molar-refractivity contribution in [1.29, 1.82) is 0 Å². The van der Waals surface area contributed by atoms with Crippen LogP contribution in [0.15, 0.2) is 49.1 Å². The number of nitro benzene ring substituents is 1. The fourth-order valence-electron chi connectivity index (χ4n) is 4.61. The largest absolute Gasteiger partial charge is 0.341 e. The standard InChI is InChI=1S/C25H24F2N6O2/c1-2-16-12-29-25(30-13-16)31-6-3-17(4-7-31)19-10-21(26)23(28-14-19)15-32-8-5-18-9-20(33(34)35)11-22(27)24(18)32/h5,8-14,17H,2-4,6-7,15H2,1H3. The number of pyridine rings is 1. The van der Waals surface area contributed by atoms with Crippen LogP contribution in [0.3, 0.4) is 0 Å². The van der Waals surface area contributed by atoms with E-state index >= 15 is 0 Å². The monoisotopic (exact) mass is 478 g/mol. The highest BCUT2D eigenvalue weighted by Gasteiger charge is 2.24. The lowest BCUT2D eigenvalue weighted by Crippen LogP contribution is -2.34. The van der Waals surface area contributed by atoms with E-state index in [0.717, 1.165) is 55.5 Å². The van der Waals surface area contributed by atoms with Gasteiger partial charge in [0.25, 0.3) is 5.69 Å². The molecule has 5 rings (SSSR count). The number of hydrogen-bond acceptors (Lipinski definition) is 6. The van der Waals surface area contributed by atoms with Crippen molar-refractivity contribution in [2.45, 2.75) is 38.6 Å². The number of non-ortho nitro benzene ring substituents is 1. The third-order valence-corrected chi connectivity index (χ3v) is 6.62. The Labute approximate surface area is 200 Å². The quantitative estimate of drug-likeness (QED) is 0.286. The predicted molar refractivity (Wildman–Crippen MR) is 127 cm³/mol. The lowest BCUT2D eigenvalue weighted by atomic mass is 9.90. The topological polar surface area (TPSA) is 90.0 Å². The molecule has 0 atom stereocenters. The van der Waals surface area contributed by atoms with E-state index in [-0.39, 0.29) is 29.4 Å². The molecule has 0 aliphatic carbocycles. The van der Waals surface area contributed by atoms with Crippen molar-refractivity contribution in [3.63, 3.8) is 0 Å². The molecule has 4 heterocycles. The first-order valence-electron chi connectivity index (χ1n) is 11.6. The van der Waals surface area contributed by atoms with Crippen molar-refractivity contribution in [2.24, 2.45) is 0 Å². The first-order valence-corrected chi connectivity index (χ1v) is 11.6. The number of fused-ring (bicyclic) bond motifs is 1. The van der Waals surface area contributed by atoms with Crippen molar-refractivity contribution in [2.75, 3.05) is 18.0 Å². The van der Waals surface area contributed by atoms with E-state index < -0.39 is 16.6 Å². The van der Waals surface area contributed by atoms with E-state index in [1.165, 1.54) is 16.7 Å². The van der Waals surface area contributed by atoms with Gasteiger partial charge in [-0.1, -0.05) is 6.92 Å². The van der Waals surface area contributed by atoms with Gasteiger partial charge < -0.3 is 9.47 Å². The summed E-state index contributed by atoms with van der Waals surface area (Å²) in [6, 6.07) is 5.27. The number of nitrogens with zero attached hydrogens (tertiary/aromatic N) is 6. The summed E-state index contributed by atoms with van der Waals surface area (Å²) in [4.78, 5) is 25.7. The van der Waals surface area contributed by atoms with Gasteiger partial charge >= 0.3 is 0 Å². The van der Waals surface area contributed by atoms with Crippen LogP contribution in [0.5, 0.6) is 0 Å². The molecule has 0 radical (unpaired) electrons. The predicted octanol–water partition coefficient (Wildman–Crippen LogP) is 5.01. The van der Waals surface area contributed by atoms with Gasteiger partial charge in [-0.05, 0) is 48.4 Å². The molecule has 0 amide bonds. The van der Waals surface area contributed by atoms with E-state index in [4.69, 9.17) is 0 Å². The minimum atomic E-state index is -0.726. The first-order chi connectivity index (χ1) is 16.9. The Morgan fingerprint density at radius 2 is 1.80 bits per heavy atom. The molecule has 4 aromatic rings. The summed E-state index contributed by atoms with van der Waals surface area (Å²) in [7, 11) is 0. The van der Waals surface area contributed by atoms with Gasteiger partial charge in [-0.25, -0.2) is 18.7 Å². The number of rotatable bonds is 6. The molecule has 1 aliphatic rings. The number of hydrogen-bond donors (Lipinski definition) is 0. The van der Waals surface area contributed by atoms with Gasteiger partial charge in [-0.2, -0.15) is 0 Å². The summed E-state index contributed by atoms with van der Waals surface area (Å²) in [5, 5.41) is 11.4. The van der Waals surface area contributed by atoms with Crippen molar-refractivity contribution < 1.29 is 13.7 Å². The summed E-state index contributed by atoms with van der Waals surface area (Å²) >= 11 is 0. The number of nitro groups is 1. The Kier molecular flexibility index (Phi) is 6.10. The lowest BCUT2D eigenvalue weighted by Gasteiger charge is -2.32. The molecule has 0 N–H and O–H groups in total. The van der Waals surface area contributed by atoms with E-state index in [1.54, 1.807) is 18.5 Å². The van der Waals surface area contributed by atoms with Gasteiger partial charge in [0.2, 0.25) is 5.95 Å². The van der Waals surface area contributed by atoms with E-state index in [0.29, 0.717) is 5.39 Å². The second-order valence-corrected chi connectivity index (χ2v) is 8.77. The molecule has 35 heavy (non-hydrogen) atoms. The van der Waals surface area contributed by atoms with Crippen LogP contribution in [-0.2, 0) is 13.0 Å². The summed E-state index contributed by atoms with van der Waals surface area (Å²) in [6.45, 7) is 3.64. The molecule has 3 aromatic heterocycles. The maximum atomic E-state index is 15.0. The smallest absolute Gasteiger partial charge is 0.273 e. The second kappa shape index (κ2) is 9.36. The maximum absolute atomic E-state index is 15.0. The Balaban J connectivity index is 1.28. The molecule has 8 nitrogen and oxygen atoms in total. The minimum absolute atomic E-state index is 0.0217. The Hall–Kier alpha value is -3.95.